The lowest BCUT2D eigenvalue weighted by Crippen LogP contribution is -1.99. The van der Waals surface area contributed by atoms with Gasteiger partial charge in [-0.2, -0.15) is 5.10 Å². The first-order valence-corrected chi connectivity index (χ1v) is 6.06. The first-order valence-electron chi connectivity index (χ1n) is 6.06. The van der Waals surface area contributed by atoms with Crippen LogP contribution in [0.2, 0.25) is 0 Å². The molecule has 0 saturated carbocycles. The van der Waals surface area contributed by atoms with Gasteiger partial charge in [-0.15, -0.1) is 0 Å². The van der Waals surface area contributed by atoms with Crippen molar-refractivity contribution in [3.8, 4) is 11.3 Å². The van der Waals surface area contributed by atoms with Crippen molar-refractivity contribution in [1.29, 1.82) is 0 Å². The maximum atomic E-state index is 10.6. The van der Waals surface area contributed by atoms with Crippen LogP contribution in [0.4, 0.5) is 11.5 Å². The van der Waals surface area contributed by atoms with E-state index in [2.05, 4.69) is 24.0 Å². The van der Waals surface area contributed by atoms with E-state index in [1.54, 1.807) is 12.1 Å². The fourth-order valence-corrected chi connectivity index (χ4v) is 1.98. The molecular weight excluding hydrogens is 244 g/mol. The van der Waals surface area contributed by atoms with Crippen LogP contribution in [-0.4, -0.2) is 15.1 Å². The van der Waals surface area contributed by atoms with Crippen LogP contribution < -0.4 is 5.73 Å². The summed E-state index contributed by atoms with van der Waals surface area (Å²) < 4.78 is 0. The standard InChI is InChI=1S/C13H16N4O2/c1-8(2)7-11-12(15-16-13(11)14)9-3-5-10(6-4-9)17(18)19/h3-6,8H,7H2,1-2H3,(H3,14,15,16). The number of hydrogen-bond acceptors (Lipinski definition) is 4. The van der Waals surface area contributed by atoms with Gasteiger partial charge in [-0.25, -0.2) is 0 Å². The molecule has 1 heterocycles. The summed E-state index contributed by atoms with van der Waals surface area (Å²) in [6.45, 7) is 4.21. The zero-order valence-corrected chi connectivity index (χ0v) is 10.9. The SMILES string of the molecule is CC(C)Cc1c(N)n[nH]c1-c1ccc([N+](=O)[O-])cc1. The second-order valence-corrected chi connectivity index (χ2v) is 4.86. The minimum absolute atomic E-state index is 0.0710. The third-order valence-electron chi connectivity index (χ3n) is 2.88. The Hall–Kier alpha value is -2.37. The van der Waals surface area contributed by atoms with E-state index in [0.717, 1.165) is 23.2 Å². The van der Waals surface area contributed by atoms with Gasteiger partial charge in [0.05, 0.1) is 10.6 Å². The van der Waals surface area contributed by atoms with E-state index in [-0.39, 0.29) is 5.69 Å². The molecule has 6 nitrogen and oxygen atoms in total. The number of aromatic amines is 1. The maximum absolute atomic E-state index is 10.6. The molecule has 100 valence electrons. The minimum atomic E-state index is -0.417. The van der Waals surface area contributed by atoms with Crippen molar-refractivity contribution in [2.24, 2.45) is 5.92 Å². The van der Waals surface area contributed by atoms with Gasteiger partial charge in [-0.05, 0) is 24.5 Å². The fraction of sp³-hybridized carbons (Fsp3) is 0.308. The molecule has 2 aromatic rings. The molecule has 0 aliphatic rings. The molecule has 6 heteroatoms. The number of nitrogens with one attached hydrogen (secondary N) is 1. The Kier molecular flexibility index (Phi) is 3.50. The molecule has 0 bridgehead atoms. The number of nitrogens with two attached hydrogens (primary N) is 1. The molecule has 0 fully saturated rings. The number of aromatic nitrogens is 2. The van der Waals surface area contributed by atoms with Crippen molar-refractivity contribution < 1.29 is 4.92 Å². The normalized spacial score (nSPS) is 10.9. The second-order valence-electron chi connectivity index (χ2n) is 4.86. The van der Waals surface area contributed by atoms with Gasteiger partial charge in [0.25, 0.3) is 5.69 Å². The zero-order valence-electron chi connectivity index (χ0n) is 10.9. The van der Waals surface area contributed by atoms with Crippen molar-refractivity contribution >= 4 is 11.5 Å². The van der Waals surface area contributed by atoms with Crippen molar-refractivity contribution in [3.63, 3.8) is 0 Å². The Labute approximate surface area is 110 Å². The average Bonchev–Trinajstić information content (AvgIpc) is 2.71. The number of nitro benzene ring substituents is 1. The number of anilines is 1. The van der Waals surface area contributed by atoms with Crippen molar-refractivity contribution in [1.82, 2.24) is 10.2 Å². The molecule has 0 saturated heterocycles. The van der Waals surface area contributed by atoms with E-state index in [1.807, 2.05) is 0 Å². The second kappa shape index (κ2) is 5.09. The van der Waals surface area contributed by atoms with Gasteiger partial charge in [0.15, 0.2) is 0 Å². The predicted molar refractivity (Wildman–Crippen MR) is 73.6 cm³/mol. The third kappa shape index (κ3) is 2.73. The summed E-state index contributed by atoms with van der Waals surface area (Å²) in [5, 5.41) is 17.6. The predicted octanol–water partition coefficient (Wildman–Crippen LogP) is 2.77. The highest BCUT2D eigenvalue weighted by Gasteiger charge is 2.15. The zero-order chi connectivity index (χ0) is 14.0. The van der Waals surface area contributed by atoms with E-state index < -0.39 is 4.92 Å². The number of benzene rings is 1. The van der Waals surface area contributed by atoms with Crippen LogP contribution in [0, 0.1) is 16.0 Å². The summed E-state index contributed by atoms with van der Waals surface area (Å²) in [6.07, 6.45) is 0.814. The fourth-order valence-electron chi connectivity index (χ4n) is 1.98. The number of hydrogen-bond donors (Lipinski definition) is 2. The molecule has 19 heavy (non-hydrogen) atoms. The molecule has 0 aliphatic heterocycles. The Bertz CT molecular complexity index is 587. The molecule has 0 atom stereocenters. The summed E-state index contributed by atoms with van der Waals surface area (Å²) >= 11 is 0. The monoisotopic (exact) mass is 260 g/mol. The molecule has 0 unspecified atom stereocenters. The molecule has 3 N–H and O–H groups in total. The van der Waals surface area contributed by atoms with Gasteiger partial charge in [0, 0.05) is 23.3 Å². The van der Waals surface area contributed by atoms with E-state index in [4.69, 9.17) is 5.73 Å². The van der Waals surface area contributed by atoms with Crippen LogP contribution in [0.3, 0.4) is 0 Å². The van der Waals surface area contributed by atoms with Crippen LogP contribution in [0.1, 0.15) is 19.4 Å². The lowest BCUT2D eigenvalue weighted by Gasteiger charge is -2.06. The number of nitro groups is 1. The summed E-state index contributed by atoms with van der Waals surface area (Å²) in [5.74, 6) is 0.943. The summed E-state index contributed by atoms with van der Waals surface area (Å²) in [7, 11) is 0. The topological polar surface area (TPSA) is 97.8 Å². The average molecular weight is 260 g/mol. The van der Waals surface area contributed by atoms with Crippen LogP contribution in [-0.2, 0) is 6.42 Å². The quantitative estimate of drug-likeness (QED) is 0.652. The van der Waals surface area contributed by atoms with E-state index in [1.165, 1.54) is 12.1 Å². The first-order chi connectivity index (χ1) is 8.99. The van der Waals surface area contributed by atoms with E-state index >= 15 is 0 Å². The molecule has 0 amide bonds. The number of non-ortho nitro benzene ring substituents is 1. The summed E-state index contributed by atoms with van der Waals surface area (Å²) in [5.41, 5.74) is 8.57. The Morgan fingerprint density at radius 1 is 1.37 bits per heavy atom. The molecular formula is C13H16N4O2. The van der Waals surface area contributed by atoms with Gasteiger partial charge in [0.2, 0.25) is 0 Å². The van der Waals surface area contributed by atoms with E-state index in [9.17, 15) is 10.1 Å². The summed E-state index contributed by atoms with van der Waals surface area (Å²) in [4.78, 5) is 10.2. The smallest absolute Gasteiger partial charge is 0.269 e. The van der Waals surface area contributed by atoms with Gasteiger partial charge in [-0.3, -0.25) is 15.2 Å². The van der Waals surface area contributed by atoms with Crippen molar-refractivity contribution in [2.45, 2.75) is 20.3 Å². The Morgan fingerprint density at radius 3 is 2.53 bits per heavy atom. The lowest BCUT2D eigenvalue weighted by molar-refractivity contribution is -0.384. The van der Waals surface area contributed by atoms with Crippen LogP contribution in [0.15, 0.2) is 24.3 Å². The van der Waals surface area contributed by atoms with Crippen molar-refractivity contribution in [3.05, 3.63) is 39.9 Å². The molecule has 0 spiro atoms. The van der Waals surface area contributed by atoms with Gasteiger partial charge in [-0.1, -0.05) is 13.8 Å². The maximum Gasteiger partial charge on any atom is 0.269 e. The molecule has 1 aromatic heterocycles. The molecule has 2 rings (SSSR count). The first kappa shape index (κ1) is 13.1. The van der Waals surface area contributed by atoms with Crippen LogP contribution in [0.5, 0.6) is 0 Å². The number of nitrogens with zero attached hydrogens (tertiary/aromatic N) is 2. The molecule has 1 aromatic carbocycles. The summed E-state index contributed by atoms with van der Waals surface area (Å²) in [6, 6.07) is 6.36. The Morgan fingerprint density at radius 2 is 2.00 bits per heavy atom. The lowest BCUT2D eigenvalue weighted by atomic mass is 9.99. The number of rotatable bonds is 4. The van der Waals surface area contributed by atoms with Gasteiger partial charge in [0.1, 0.15) is 5.82 Å². The number of nitrogen functional groups attached to an aromatic ring is 1. The largest absolute Gasteiger partial charge is 0.382 e. The van der Waals surface area contributed by atoms with Crippen LogP contribution >= 0.6 is 0 Å². The highest BCUT2D eigenvalue weighted by molar-refractivity contribution is 5.68. The van der Waals surface area contributed by atoms with Gasteiger partial charge >= 0.3 is 0 Å². The minimum Gasteiger partial charge on any atom is -0.382 e. The number of H-pyrrole nitrogens is 1. The molecule has 0 radical (unpaired) electrons. The van der Waals surface area contributed by atoms with Crippen molar-refractivity contribution in [2.75, 3.05) is 5.73 Å². The van der Waals surface area contributed by atoms with E-state index in [0.29, 0.717) is 11.7 Å². The van der Waals surface area contributed by atoms with Crippen LogP contribution in [0.25, 0.3) is 11.3 Å². The highest BCUT2D eigenvalue weighted by atomic mass is 16.6. The Balaban J connectivity index is 2.38. The molecule has 0 aliphatic carbocycles. The van der Waals surface area contributed by atoms with Gasteiger partial charge < -0.3 is 5.73 Å². The highest BCUT2D eigenvalue weighted by Crippen LogP contribution is 2.28. The third-order valence-corrected chi connectivity index (χ3v) is 2.88.